The molecule has 1 aromatic heterocycles. The van der Waals surface area contributed by atoms with Crippen LogP contribution in [-0.4, -0.2) is 28.6 Å². The molecule has 0 aromatic carbocycles. The van der Waals surface area contributed by atoms with Crippen molar-refractivity contribution in [3.63, 3.8) is 0 Å². The molecule has 2 heterocycles. The Balaban J connectivity index is 1.91. The SMILES string of the molecule is CCOc1cccc(NCC2(C)CCCS2)n1. The van der Waals surface area contributed by atoms with E-state index in [2.05, 4.69) is 29.0 Å². The van der Waals surface area contributed by atoms with Gasteiger partial charge in [0.1, 0.15) is 5.82 Å². The van der Waals surface area contributed by atoms with Gasteiger partial charge in [0.05, 0.1) is 6.61 Å². The van der Waals surface area contributed by atoms with E-state index in [4.69, 9.17) is 4.74 Å². The molecule has 94 valence electrons. The molecule has 1 aliphatic rings. The van der Waals surface area contributed by atoms with Crippen LogP contribution in [0, 0.1) is 0 Å². The molecular weight excluding hydrogens is 232 g/mol. The molecule has 0 saturated carbocycles. The van der Waals surface area contributed by atoms with Gasteiger partial charge in [0.15, 0.2) is 0 Å². The van der Waals surface area contributed by atoms with Crippen LogP contribution < -0.4 is 10.1 Å². The molecule has 1 atom stereocenters. The molecule has 0 bridgehead atoms. The summed E-state index contributed by atoms with van der Waals surface area (Å²) in [6.07, 6.45) is 2.62. The largest absolute Gasteiger partial charge is 0.478 e. The van der Waals surface area contributed by atoms with E-state index in [0.717, 1.165) is 12.4 Å². The van der Waals surface area contributed by atoms with Crippen LogP contribution in [0.2, 0.25) is 0 Å². The molecule has 0 aliphatic carbocycles. The number of pyridine rings is 1. The van der Waals surface area contributed by atoms with Crippen molar-refractivity contribution in [3.8, 4) is 5.88 Å². The Bertz CT molecular complexity index is 364. The first-order chi connectivity index (χ1) is 8.22. The molecule has 0 spiro atoms. The maximum atomic E-state index is 5.39. The third-order valence-corrected chi connectivity index (χ3v) is 4.50. The molecule has 2 rings (SSSR count). The van der Waals surface area contributed by atoms with Crippen molar-refractivity contribution >= 4 is 17.6 Å². The minimum Gasteiger partial charge on any atom is -0.478 e. The van der Waals surface area contributed by atoms with E-state index in [-0.39, 0.29) is 0 Å². The van der Waals surface area contributed by atoms with Gasteiger partial charge in [-0.3, -0.25) is 0 Å². The highest BCUT2D eigenvalue weighted by Gasteiger charge is 2.29. The van der Waals surface area contributed by atoms with Gasteiger partial charge in [0.2, 0.25) is 5.88 Å². The molecule has 1 saturated heterocycles. The minimum atomic E-state index is 0.364. The maximum absolute atomic E-state index is 5.39. The highest BCUT2D eigenvalue weighted by atomic mass is 32.2. The lowest BCUT2D eigenvalue weighted by atomic mass is 10.1. The Morgan fingerprint density at radius 2 is 2.41 bits per heavy atom. The smallest absolute Gasteiger partial charge is 0.215 e. The van der Waals surface area contributed by atoms with Gasteiger partial charge in [0, 0.05) is 17.4 Å². The van der Waals surface area contributed by atoms with E-state index in [9.17, 15) is 0 Å². The third-order valence-electron chi connectivity index (χ3n) is 2.96. The fourth-order valence-corrected chi connectivity index (χ4v) is 3.24. The number of hydrogen-bond acceptors (Lipinski definition) is 4. The van der Waals surface area contributed by atoms with E-state index < -0.39 is 0 Å². The molecule has 3 nitrogen and oxygen atoms in total. The summed E-state index contributed by atoms with van der Waals surface area (Å²) in [4.78, 5) is 4.41. The quantitative estimate of drug-likeness (QED) is 0.872. The van der Waals surface area contributed by atoms with Crippen LogP contribution in [0.4, 0.5) is 5.82 Å². The minimum absolute atomic E-state index is 0.364. The van der Waals surface area contributed by atoms with Gasteiger partial charge in [-0.2, -0.15) is 16.7 Å². The van der Waals surface area contributed by atoms with Crippen LogP contribution in [0.5, 0.6) is 5.88 Å². The van der Waals surface area contributed by atoms with Crippen LogP contribution in [0.15, 0.2) is 18.2 Å². The van der Waals surface area contributed by atoms with Gasteiger partial charge >= 0.3 is 0 Å². The monoisotopic (exact) mass is 252 g/mol. The number of nitrogens with one attached hydrogen (secondary N) is 1. The van der Waals surface area contributed by atoms with Gasteiger partial charge in [-0.1, -0.05) is 6.07 Å². The first kappa shape index (κ1) is 12.6. The highest BCUT2D eigenvalue weighted by molar-refractivity contribution is 8.00. The molecule has 1 N–H and O–H groups in total. The summed E-state index contributed by atoms with van der Waals surface area (Å²) in [5.74, 6) is 2.89. The van der Waals surface area contributed by atoms with Crippen molar-refractivity contribution in [1.29, 1.82) is 0 Å². The summed E-state index contributed by atoms with van der Waals surface area (Å²) >= 11 is 2.06. The zero-order valence-corrected chi connectivity index (χ0v) is 11.3. The van der Waals surface area contributed by atoms with Gasteiger partial charge in [-0.05, 0) is 38.5 Å². The molecule has 17 heavy (non-hydrogen) atoms. The summed E-state index contributed by atoms with van der Waals surface area (Å²) in [5, 5.41) is 3.41. The van der Waals surface area contributed by atoms with Crippen molar-refractivity contribution in [2.24, 2.45) is 0 Å². The molecular formula is C13H20N2OS. The molecule has 1 aliphatic heterocycles. The number of thioether (sulfide) groups is 1. The normalized spacial score (nSPS) is 23.6. The second kappa shape index (κ2) is 5.63. The van der Waals surface area contributed by atoms with E-state index in [1.807, 2.05) is 25.1 Å². The Morgan fingerprint density at radius 1 is 1.53 bits per heavy atom. The Kier molecular flexibility index (Phi) is 4.15. The molecule has 0 amide bonds. The first-order valence-corrected chi connectivity index (χ1v) is 7.18. The number of hydrogen-bond donors (Lipinski definition) is 1. The van der Waals surface area contributed by atoms with Crippen LogP contribution in [0.25, 0.3) is 0 Å². The molecule has 0 radical (unpaired) electrons. The van der Waals surface area contributed by atoms with Crippen LogP contribution >= 0.6 is 11.8 Å². The average molecular weight is 252 g/mol. The zero-order chi connectivity index (χ0) is 12.1. The molecule has 1 aromatic rings. The standard InChI is InChI=1S/C13H20N2OS/c1-3-16-12-7-4-6-11(15-12)14-10-13(2)8-5-9-17-13/h4,6-7H,3,5,8-10H2,1-2H3,(H,14,15). The number of anilines is 1. The van der Waals surface area contributed by atoms with Crippen molar-refractivity contribution in [2.75, 3.05) is 24.2 Å². The molecule has 1 unspecified atom stereocenters. The van der Waals surface area contributed by atoms with E-state index in [1.165, 1.54) is 18.6 Å². The fourth-order valence-electron chi connectivity index (χ4n) is 2.00. The second-order valence-electron chi connectivity index (χ2n) is 4.55. The molecule has 4 heteroatoms. The van der Waals surface area contributed by atoms with Crippen LogP contribution in [0.3, 0.4) is 0 Å². The lowest BCUT2D eigenvalue weighted by molar-refractivity contribution is 0.327. The Labute approximate surface area is 107 Å². The van der Waals surface area contributed by atoms with Gasteiger partial charge < -0.3 is 10.1 Å². The highest BCUT2D eigenvalue weighted by Crippen LogP contribution is 2.37. The fraction of sp³-hybridized carbons (Fsp3) is 0.615. The number of aromatic nitrogens is 1. The number of rotatable bonds is 5. The van der Waals surface area contributed by atoms with E-state index in [1.54, 1.807) is 0 Å². The number of nitrogens with zero attached hydrogens (tertiary/aromatic N) is 1. The van der Waals surface area contributed by atoms with Crippen molar-refractivity contribution in [1.82, 2.24) is 4.98 Å². The van der Waals surface area contributed by atoms with Crippen molar-refractivity contribution in [2.45, 2.75) is 31.4 Å². The van der Waals surface area contributed by atoms with Gasteiger partial charge in [0.25, 0.3) is 0 Å². The predicted octanol–water partition coefficient (Wildman–Crippen LogP) is 3.18. The zero-order valence-electron chi connectivity index (χ0n) is 10.5. The second-order valence-corrected chi connectivity index (χ2v) is 6.23. The van der Waals surface area contributed by atoms with Gasteiger partial charge in [-0.15, -0.1) is 0 Å². The third kappa shape index (κ3) is 3.53. The average Bonchev–Trinajstić information content (AvgIpc) is 2.76. The molecule has 1 fully saturated rings. The van der Waals surface area contributed by atoms with E-state index in [0.29, 0.717) is 17.2 Å². The lowest BCUT2D eigenvalue weighted by Crippen LogP contribution is -2.27. The number of ether oxygens (including phenoxy) is 1. The Hall–Kier alpha value is -0.900. The van der Waals surface area contributed by atoms with E-state index >= 15 is 0 Å². The summed E-state index contributed by atoms with van der Waals surface area (Å²) in [5.41, 5.74) is 0. The summed E-state index contributed by atoms with van der Waals surface area (Å²) in [6, 6.07) is 5.86. The summed E-state index contributed by atoms with van der Waals surface area (Å²) in [6.45, 7) is 5.92. The van der Waals surface area contributed by atoms with Gasteiger partial charge in [-0.25, -0.2) is 0 Å². The van der Waals surface area contributed by atoms with Crippen molar-refractivity contribution < 1.29 is 4.74 Å². The topological polar surface area (TPSA) is 34.1 Å². The predicted molar refractivity (Wildman–Crippen MR) is 74.0 cm³/mol. The maximum Gasteiger partial charge on any atom is 0.215 e. The lowest BCUT2D eigenvalue weighted by Gasteiger charge is -2.23. The summed E-state index contributed by atoms with van der Waals surface area (Å²) in [7, 11) is 0. The first-order valence-electron chi connectivity index (χ1n) is 6.19. The van der Waals surface area contributed by atoms with Crippen LogP contribution in [-0.2, 0) is 0 Å². The Morgan fingerprint density at radius 3 is 3.12 bits per heavy atom. The van der Waals surface area contributed by atoms with Crippen LogP contribution in [0.1, 0.15) is 26.7 Å². The summed E-state index contributed by atoms with van der Waals surface area (Å²) < 4.78 is 5.75. The van der Waals surface area contributed by atoms with Crippen molar-refractivity contribution in [3.05, 3.63) is 18.2 Å².